The molecular weight excluding hydrogens is 598 g/mol. The lowest BCUT2D eigenvalue weighted by Gasteiger charge is -2.35. The Labute approximate surface area is 284 Å². The van der Waals surface area contributed by atoms with Gasteiger partial charge in [0.15, 0.2) is 0 Å². The maximum absolute atomic E-state index is 14.7. The summed E-state index contributed by atoms with van der Waals surface area (Å²) < 4.78 is 0. The molecule has 8 heteroatoms. The Morgan fingerprint density at radius 1 is 0.833 bits per heavy atom. The molecule has 0 aliphatic carbocycles. The molecule has 1 aliphatic heterocycles. The van der Waals surface area contributed by atoms with E-state index in [0.29, 0.717) is 24.6 Å². The normalized spacial score (nSPS) is 16.6. The lowest BCUT2D eigenvalue weighted by atomic mass is 9.97. The smallest absolute Gasteiger partial charge is 0.254 e. The molecule has 0 spiro atoms. The highest BCUT2D eigenvalue weighted by molar-refractivity contribution is 5.98. The zero-order valence-electron chi connectivity index (χ0n) is 28.6. The fourth-order valence-electron chi connectivity index (χ4n) is 6.73. The number of fused-ring (bicyclic) bond motifs is 1. The van der Waals surface area contributed by atoms with Gasteiger partial charge in [-0.05, 0) is 79.4 Å². The van der Waals surface area contributed by atoms with Crippen LogP contribution >= 0.6 is 0 Å². The number of hydrogen-bond acceptors (Lipinski definition) is 5. The Morgan fingerprint density at radius 3 is 2.25 bits per heavy atom. The number of benzene rings is 4. The van der Waals surface area contributed by atoms with Crippen LogP contribution in [0.1, 0.15) is 59.3 Å². The van der Waals surface area contributed by atoms with Gasteiger partial charge in [-0.1, -0.05) is 84.9 Å². The average Bonchev–Trinajstić information content (AvgIpc) is 3.52. The molecule has 0 aromatic heterocycles. The Hall–Kier alpha value is -4.53. The van der Waals surface area contributed by atoms with Crippen LogP contribution < -0.4 is 11.1 Å². The van der Waals surface area contributed by atoms with E-state index < -0.39 is 12.1 Å². The number of rotatable bonds is 13. The lowest BCUT2D eigenvalue weighted by molar-refractivity contribution is -0.142. The number of likely N-dealkylation sites (N-methyl/N-ethyl adjacent to an activating group) is 2. The third-order valence-corrected chi connectivity index (χ3v) is 9.81. The molecule has 1 fully saturated rings. The van der Waals surface area contributed by atoms with Gasteiger partial charge in [0.2, 0.25) is 11.8 Å². The molecule has 252 valence electrons. The second-order valence-corrected chi connectivity index (χ2v) is 13.2. The minimum Gasteiger partial charge on any atom is -0.354 e. The summed E-state index contributed by atoms with van der Waals surface area (Å²) in [6.07, 6.45) is 3.80. The Morgan fingerprint density at radius 2 is 1.54 bits per heavy atom. The number of carbonyl (C=O) groups excluding carboxylic acids is 3. The van der Waals surface area contributed by atoms with Crippen LogP contribution in [-0.2, 0) is 22.4 Å². The molecular formula is C40H49N5O3. The molecule has 8 nitrogen and oxygen atoms in total. The first kappa shape index (κ1) is 34.8. The number of carbonyl (C=O) groups is 3. The maximum atomic E-state index is 14.7. The highest BCUT2D eigenvalue weighted by Crippen LogP contribution is 2.22. The van der Waals surface area contributed by atoms with Crippen molar-refractivity contribution in [3.05, 3.63) is 119 Å². The summed E-state index contributed by atoms with van der Waals surface area (Å²) in [7, 11) is 5.48. The monoisotopic (exact) mass is 647 g/mol. The molecule has 2 unspecified atom stereocenters. The topological polar surface area (TPSA) is 99.0 Å². The van der Waals surface area contributed by atoms with Crippen molar-refractivity contribution in [2.24, 2.45) is 5.73 Å². The van der Waals surface area contributed by atoms with E-state index in [2.05, 4.69) is 23.3 Å². The molecule has 0 radical (unpaired) electrons. The first-order valence-electron chi connectivity index (χ1n) is 17.0. The predicted molar refractivity (Wildman–Crippen MR) is 193 cm³/mol. The fourth-order valence-corrected chi connectivity index (χ4v) is 6.73. The van der Waals surface area contributed by atoms with E-state index in [9.17, 15) is 14.4 Å². The lowest BCUT2D eigenvalue weighted by Crippen LogP contribution is -2.56. The number of hydrogen-bond donors (Lipinski definition) is 2. The largest absolute Gasteiger partial charge is 0.354 e. The minimum atomic E-state index is -0.860. The summed E-state index contributed by atoms with van der Waals surface area (Å²) in [6, 6.07) is 29.8. The Bertz CT molecular complexity index is 1710. The molecule has 5 rings (SSSR count). The number of likely N-dealkylation sites (tertiary alicyclic amines) is 1. The van der Waals surface area contributed by atoms with Crippen LogP contribution in [0, 0.1) is 0 Å². The SMILES string of the molecule is CC(N)c1cccc(C(=O)N(C)[C@H](Cc2ccc3ccccc3c2)C(=O)N(C)[C@H](Cc2ccccc2)C(=O)NCCC2CCCN2C)c1. The van der Waals surface area contributed by atoms with E-state index in [1.54, 1.807) is 26.2 Å². The molecule has 0 saturated carbocycles. The minimum absolute atomic E-state index is 0.196. The average molecular weight is 648 g/mol. The van der Waals surface area contributed by atoms with Crippen LogP contribution in [-0.4, -0.2) is 84.8 Å². The highest BCUT2D eigenvalue weighted by atomic mass is 16.2. The van der Waals surface area contributed by atoms with Crippen molar-refractivity contribution in [1.29, 1.82) is 0 Å². The van der Waals surface area contributed by atoms with E-state index in [1.165, 1.54) is 16.2 Å². The Balaban J connectivity index is 1.43. The molecule has 48 heavy (non-hydrogen) atoms. The van der Waals surface area contributed by atoms with Crippen molar-refractivity contribution in [3.8, 4) is 0 Å². The van der Waals surface area contributed by atoms with Gasteiger partial charge in [0.05, 0.1) is 0 Å². The van der Waals surface area contributed by atoms with Gasteiger partial charge in [-0.25, -0.2) is 0 Å². The molecule has 1 aliphatic rings. The standard InChI is InChI=1S/C40H49N5O3/c1-28(41)32-16-10-17-34(27-32)39(47)45(4)37(26-30-19-20-31-14-8-9-15-33(31)24-30)40(48)44(3)36(25-29-12-6-5-7-13-29)38(46)42-22-21-35-18-11-23-43(35)2/h5-10,12-17,19-20,24,27-28,35-37H,11,18,21-23,25-26,41H2,1-4H3,(H,42,46)/t28?,35?,36-,37-/m1/s1. The molecule has 1 saturated heterocycles. The van der Waals surface area contributed by atoms with E-state index in [1.807, 2.05) is 85.8 Å². The Kier molecular flexibility index (Phi) is 11.6. The number of nitrogens with one attached hydrogen (secondary N) is 1. The van der Waals surface area contributed by atoms with Crippen LogP contribution in [0.3, 0.4) is 0 Å². The van der Waals surface area contributed by atoms with Crippen LogP contribution in [0.25, 0.3) is 10.8 Å². The van der Waals surface area contributed by atoms with E-state index in [0.717, 1.165) is 46.8 Å². The summed E-state index contributed by atoms with van der Waals surface area (Å²) in [4.78, 5) is 48.0. The number of amides is 3. The molecule has 0 bridgehead atoms. The first-order chi connectivity index (χ1) is 23.1. The van der Waals surface area contributed by atoms with Crippen LogP contribution in [0.4, 0.5) is 0 Å². The second kappa shape index (κ2) is 16.0. The van der Waals surface area contributed by atoms with Crippen molar-refractivity contribution in [2.45, 2.75) is 63.2 Å². The van der Waals surface area contributed by atoms with Gasteiger partial charge in [-0.3, -0.25) is 14.4 Å². The molecule has 3 amide bonds. The summed E-state index contributed by atoms with van der Waals surface area (Å²) in [6.45, 7) is 3.49. The number of nitrogens with zero attached hydrogens (tertiary/aromatic N) is 3. The van der Waals surface area contributed by atoms with Crippen molar-refractivity contribution in [1.82, 2.24) is 20.0 Å². The fraction of sp³-hybridized carbons (Fsp3) is 0.375. The quantitative estimate of drug-likeness (QED) is 0.208. The first-order valence-corrected chi connectivity index (χ1v) is 17.0. The highest BCUT2D eigenvalue weighted by Gasteiger charge is 2.35. The van der Waals surface area contributed by atoms with E-state index in [-0.39, 0.29) is 30.2 Å². The van der Waals surface area contributed by atoms with Crippen LogP contribution in [0.5, 0.6) is 0 Å². The van der Waals surface area contributed by atoms with Crippen molar-refractivity contribution < 1.29 is 14.4 Å². The predicted octanol–water partition coefficient (Wildman–Crippen LogP) is 5.21. The van der Waals surface area contributed by atoms with Crippen LogP contribution in [0.2, 0.25) is 0 Å². The zero-order chi connectivity index (χ0) is 34.2. The summed E-state index contributed by atoms with van der Waals surface area (Å²) in [5.74, 6) is -0.776. The van der Waals surface area contributed by atoms with Gasteiger partial charge < -0.3 is 25.8 Å². The van der Waals surface area contributed by atoms with Gasteiger partial charge in [-0.15, -0.1) is 0 Å². The van der Waals surface area contributed by atoms with Gasteiger partial charge in [-0.2, -0.15) is 0 Å². The van der Waals surface area contributed by atoms with E-state index >= 15 is 0 Å². The van der Waals surface area contributed by atoms with Gasteiger partial charge in [0.25, 0.3) is 5.91 Å². The third-order valence-electron chi connectivity index (χ3n) is 9.81. The molecule has 4 atom stereocenters. The molecule has 4 aromatic rings. The molecule has 1 heterocycles. The maximum Gasteiger partial charge on any atom is 0.254 e. The molecule has 4 aromatic carbocycles. The van der Waals surface area contributed by atoms with Crippen molar-refractivity contribution in [3.63, 3.8) is 0 Å². The van der Waals surface area contributed by atoms with Gasteiger partial charge in [0, 0.05) is 51.1 Å². The van der Waals surface area contributed by atoms with Gasteiger partial charge in [0.1, 0.15) is 12.1 Å². The third kappa shape index (κ3) is 8.48. The van der Waals surface area contributed by atoms with E-state index in [4.69, 9.17) is 5.73 Å². The van der Waals surface area contributed by atoms with Crippen molar-refractivity contribution in [2.75, 3.05) is 34.2 Å². The van der Waals surface area contributed by atoms with Crippen LogP contribution in [0.15, 0.2) is 97.1 Å². The molecule has 3 N–H and O–H groups in total. The second-order valence-electron chi connectivity index (χ2n) is 13.2. The van der Waals surface area contributed by atoms with Gasteiger partial charge >= 0.3 is 0 Å². The summed E-state index contributed by atoms with van der Waals surface area (Å²) >= 11 is 0. The zero-order valence-corrected chi connectivity index (χ0v) is 28.6. The van der Waals surface area contributed by atoms with Crippen molar-refractivity contribution >= 4 is 28.5 Å². The summed E-state index contributed by atoms with van der Waals surface area (Å²) in [5.41, 5.74) is 9.31. The summed E-state index contributed by atoms with van der Waals surface area (Å²) in [5, 5.41) is 5.29. The number of nitrogens with two attached hydrogens (primary N) is 1.